The minimum absolute atomic E-state index is 0.0492. The summed E-state index contributed by atoms with van der Waals surface area (Å²) >= 11 is 0. The minimum atomic E-state index is -4.77. The first kappa shape index (κ1) is 29.4. The van der Waals surface area contributed by atoms with E-state index in [1.54, 1.807) is 12.1 Å². The van der Waals surface area contributed by atoms with Gasteiger partial charge >= 0.3 is 16.4 Å². The van der Waals surface area contributed by atoms with Crippen LogP contribution in [0.5, 0.6) is 23.0 Å². The molecule has 0 radical (unpaired) electrons. The SMILES string of the molecule is C[C@H](Cc1ccc(OS(=O)(=O)O)c(O)c1)[C@@H](C)Cc1ccc(O)c(O[C@@H]2O[C@H](C(=O)O)[C@@H](O)[C@H](O)[C@H]2O)c1. The van der Waals surface area contributed by atoms with Gasteiger partial charge in [-0.1, -0.05) is 26.0 Å². The summed E-state index contributed by atoms with van der Waals surface area (Å²) in [6.45, 7) is 3.93. The molecule has 0 amide bonds. The molecule has 38 heavy (non-hydrogen) atoms. The Morgan fingerprint density at radius 3 is 2.03 bits per heavy atom. The number of aromatic hydroxyl groups is 2. The quantitative estimate of drug-likeness (QED) is 0.199. The summed E-state index contributed by atoms with van der Waals surface area (Å²) in [5.74, 6) is -2.76. The van der Waals surface area contributed by atoms with E-state index in [2.05, 4.69) is 4.18 Å². The Balaban J connectivity index is 1.67. The van der Waals surface area contributed by atoms with Crippen LogP contribution in [0.15, 0.2) is 36.4 Å². The Morgan fingerprint density at radius 2 is 1.47 bits per heavy atom. The smallest absolute Gasteiger partial charge is 0.446 e. The molecule has 3 rings (SSSR count). The second kappa shape index (κ2) is 11.7. The van der Waals surface area contributed by atoms with Crippen LogP contribution in [0, 0.1) is 11.8 Å². The highest BCUT2D eigenvalue weighted by Gasteiger charge is 2.48. The molecular weight excluding hydrogens is 528 g/mol. The zero-order chi connectivity index (χ0) is 28.4. The predicted molar refractivity (Wildman–Crippen MR) is 129 cm³/mol. The van der Waals surface area contributed by atoms with Crippen LogP contribution in [0.4, 0.5) is 0 Å². The molecule has 1 aliphatic heterocycles. The van der Waals surface area contributed by atoms with Crippen molar-refractivity contribution in [1.29, 1.82) is 0 Å². The Hall–Kier alpha value is -3.14. The summed E-state index contributed by atoms with van der Waals surface area (Å²) in [4.78, 5) is 11.3. The zero-order valence-electron chi connectivity index (χ0n) is 20.4. The highest BCUT2D eigenvalue weighted by molar-refractivity contribution is 7.81. The Bertz CT molecular complexity index is 1250. The number of hydrogen-bond acceptors (Lipinski definition) is 11. The molecule has 2 aromatic rings. The highest BCUT2D eigenvalue weighted by atomic mass is 32.3. The van der Waals surface area contributed by atoms with Crippen LogP contribution in [-0.4, -0.2) is 80.3 Å². The molecule has 2 aromatic carbocycles. The lowest BCUT2D eigenvalue weighted by atomic mass is 9.85. The van der Waals surface area contributed by atoms with Crippen LogP contribution in [0.25, 0.3) is 0 Å². The Kier molecular flexibility index (Phi) is 9.07. The topological polar surface area (TPSA) is 221 Å². The van der Waals surface area contributed by atoms with Gasteiger partial charge < -0.3 is 44.3 Å². The number of phenols is 2. The number of aliphatic carboxylic acids is 1. The minimum Gasteiger partial charge on any atom is -0.504 e. The van der Waals surface area contributed by atoms with Crippen LogP contribution < -0.4 is 8.92 Å². The molecule has 1 saturated heterocycles. The van der Waals surface area contributed by atoms with Crippen LogP contribution in [-0.2, 0) is 32.8 Å². The average Bonchev–Trinajstić information content (AvgIpc) is 2.82. The molecule has 1 aliphatic rings. The van der Waals surface area contributed by atoms with Gasteiger partial charge in [-0.15, -0.1) is 0 Å². The molecule has 14 heteroatoms. The first-order valence-corrected chi connectivity index (χ1v) is 12.9. The van der Waals surface area contributed by atoms with Gasteiger partial charge in [0.05, 0.1) is 0 Å². The van der Waals surface area contributed by atoms with Crippen molar-refractivity contribution in [2.24, 2.45) is 11.8 Å². The number of benzene rings is 2. The first-order chi connectivity index (χ1) is 17.7. The normalized spacial score (nSPS) is 25.4. The molecule has 0 aliphatic carbocycles. The molecule has 210 valence electrons. The summed E-state index contributed by atoms with van der Waals surface area (Å²) < 4.78 is 45.4. The number of rotatable bonds is 10. The molecule has 1 heterocycles. The lowest BCUT2D eigenvalue weighted by Crippen LogP contribution is -2.61. The molecular formula is C24H30O13S. The van der Waals surface area contributed by atoms with Gasteiger partial charge in [0.1, 0.15) is 18.3 Å². The van der Waals surface area contributed by atoms with E-state index in [9.17, 15) is 43.9 Å². The third-order valence-electron chi connectivity index (χ3n) is 6.39. The van der Waals surface area contributed by atoms with E-state index in [-0.39, 0.29) is 23.3 Å². The van der Waals surface area contributed by atoms with Crippen molar-refractivity contribution in [1.82, 2.24) is 0 Å². The van der Waals surface area contributed by atoms with Gasteiger partial charge in [0.25, 0.3) is 0 Å². The van der Waals surface area contributed by atoms with Gasteiger partial charge in [0.2, 0.25) is 6.29 Å². The molecule has 0 bridgehead atoms. The fourth-order valence-electron chi connectivity index (χ4n) is 4.07. The van der Waals surface area contributed by atoms with Crippen LogP contribution in [0.3, 0.4) is 0 Å². The number of ether oxygens (including phenoxy) is 2. The summed E-state index contributed by atoms with van der Waals surface area (Å²) in [7, 11) is -4.77. The molecule has 0 unspecified atom stereocenters. The summed E-state index contributed by atoms with van der Waals surface area (Å²) in [6.07, 6.45) is -8.03. The maximum Gasteiger partial charge on any atom is 0.446 e. The molecule has 13 nitrogen and oxygen atoms in total. The second-order valence-electron chi connectivity index (χ2n) is 9.33. The summed E-state index contributed by atoms with van der Waals surface area (Å²) in [5, 5.41) is 59.4. The van der Waals surface area contributed by atoms with Gasteiger partial charge in [-0.2, -0.15) is 8.42 Å². The van der Waals surface area contributed by atoms with Gasteiger partial charge in [0, 0.05) is 0 Å². The highest BCUT2D eigenvalue weighted by Crippen LogP contribution is 2.34. The van der Waals surface area contributed by atoms with Gasteiger partial charge in [-0.05, 0) is 60.1 Å². The van der Waals surface area contributed by atoms with Gasteiger partial charge in [-0.25, -0.2) is 4.79 Å². The monoisotopic (exact) mass is 558 g/mol. The third-order valence-corrected chi connectivity index (χ3v) is 6.78. The van der Waals surface area contributed by atoms with E-state index in [0.717, 1.165) is 5.56 Å². The predicted octanol–water partition coefficient (Wildman–Crippen LogP) is 0.608. The molecule has 0 saturated carbocycles. The number of aliphatic hydroxyl groups is 3. The van der Waals surface area contributed by atoms with Crippen molar-refractivity contribution < 1.29 is 62.1 Å². The maximum atomic E-state index is 11.3. The van der Waals surface area contributed by atoms with E-state index in [1.807, 2.05) is 13.8 Å². The van der Waals surface area contributed by atoms with Crippen molar-refractivity contribution in [2.45, 2.75) is 57.4 Å². The molecule has 0 spiro atoms. The van der Waals surface area contributed by atoms with E-state index in [0.29, 0.717) is 18.4 Å². The number of hydrogen-bond donors (Lipinski definition) is 7. The van der Waals surface area contributed by atoms with E-state index >= 15 is 0 Å². The molecule has 1 fully saturated rings. The van der Waals surface area contributed by atoms with Crippen molar-refractivity contribution in [3.63, 3.8) is 0 Å². The average molecular weight is 559 g/mol. The number of carboxylic acids is 1. The first-order valence-electron chi connectivity index (χ1n) is 11.6. The van der Waals surface area contributed by atoms with E-state index < -0.39 is 58.6 Å². The number of carboxylic acid groups (broad SMARTS) is 1. The van der Waals surface area contributed by atoms with Crippen LogP contribution in [0.1, 0.15) is 25.0 Å². The van der Waals surface area contributed by atoms with Crippen LogP contribution >= 0.6 is 0 Å². The lowest BCUT2D eigenvalue weighted by Gasteiger charge is -2.38. The number of aliphatic hydroxyl groups excluding tert-OH is 3. The zero-order valence-corrected chi connectivity index (χ0v) is 21.2. The van der Waals surface area contributed by atoms with Crippen molar-refractivity contribution in [3.05, 3.63) is 47.5 Å². The maximum absolute atomic E-state index is 11.3. The summed E-state index contributed by atoms with van der Waals surface area (Å²) in [6, 6.07) is 8.60. The molecule has 7 N–H and O–H groups in total. The number of phenolic OH excluding ortho intramolecular Hbond substituents is 2. The number of carbonyl (C=O) groups is 1. The second-order valence-corrected chi connectivity index (χ2v) is 10.4. The Labute approximate surface area is 218 Å². The molecule has 7 atom stereocenters. The van der Waals surface area contributed by atoms with Crippen molar-refractivity contribution in [2.75, 3.05) is 0 Å². The third kappa shape index (κ3) is 7.24. The van der Waals surface area contributed by atoms with Crippen LogP contribution in [0.2, 0.25) is 0 Å². The van der Waals surface area contributed by atoms with E-state index in [4.69, 9.17) is 14.0 Å². The largest absolute Gasteiger partial charge is 0.504 e. The van der Waals surface area contributed by atoms with Crippen molar-refractivity contribution >= 4 is 16.4 Å². The lowest BCUT2D eigenvalue weighted by molar-refractivity contribution is -0.271. The molecule has 0 aromatic heterocycles. The van der Waals surface area contributed by atoms with E-state index in [1.165, 1.54) is 24.3 Å². The Morgan fingerprint density at radius 1 is 0.895 bits per heavy atom. The van der Waals surface area contributed by atoms with Gasteiger partial charge in [-0.3, -0.25) is 4.55 Å². The fraction of sp³-hybridized carbons (Fsp3) is 0.458. The fourth-order valence-corrected chi connectivity index (χ4v) is 4.44. The standard InChI is InChI=1S/C24H30O13S/c1-11(7-13-4-6-17(16(26)9-13)37-38(32,33)34)12(2)8-14-3-5-15(25)18(10-14)35-24-21(29)19(27)20(28)22(36-24)23(30)31/h3-6,9-12,19-22,24-29H,7-8H2,1-2H3,(H,30,31)(H,32,33,34)/t11-,12+,19+,20+,21-,22+,24-/m1/s1. The summed E-state index contributed by atoms with van der Waals surface area (Å²) in [5.41, 5.74) is 1.41. The van der Waals surface area contributed by atoms with Crippen molar-refractivity contribution in [3.8, 4) is 23.0 Å². The van der Waals surface area contributed by atoms with Gasteiger partial charge in [0.15, 0.2) is 29.1 Å².